The molecule has 0 unspecified atom stereocenters. The highest BCUT2D eigenvalue weighted by molar-refractivity contribution is 4.73. The van der Waals surface area contributed by atoms with E-state index in [9.17, 15) is 0 Å². The zero-order chi connectivity index (χ0) is 6.69. The molecule has 1 atom stereocenters. The van der Waals surface area contributed by atoms with E-state index in [2.05, 4.69) is 17.4 Å². The maximum atomic E-state index is 5.29. The third-order valence-electron chi connectivity index (χ3n) is 1.86. The molecule has 1 rings (SSSR count). The van der Waals surface area contributed by atoms with Crippen LogP contribution in [-0.2, 0) is 0 Å². The van der Waals surface area contributed by atoms with Gasteiger partial charge in [0.05, 0.1) is 0 Å². The Kier molecular flexibility index (Phi) is 2.45. The molecule has 0 aromatic carbocycles. The molecule has 3 nitrogen and oxygen atoms in total. The van der Waals surface area contributed by atoms with Crippen LogP contribution in [0.15, 0.2) is 0 Å². The van der Waals surface area contributed by atoms with E-state index < -0.39 is 0 Å². The number of rotatable bonds is 1. The van der Waals surface area contributed by atoms with Crippen molar-refractivity contribution in [3.63, 3.8) is 0 Å². The van der Waals surface area contributed by atoms with Crippen LogP contribution < -0.4 is 11.3 Å². The normalized spacial score (nSPS) is 30.7. The lowest BCUT2D eigenvalue weighted by atomic mass is 10.1. The zero-order valence-electron chi connectivity index (χ0n) is 5.93. The number of nitrogens with one attached hydrogen (secondary N) is 1. The summed E-state index contributed by atoms with van der Waals surface area (Å²) < 4.78 is 0. The van der Waals surface area contributed by atoms with Crippen LogP contribution in [0.2, 0.25) is 0 Å². The number of hydrogen-bond donors (Lipinski definition) is 2. The summed E-state index contributed by atoms with van der Waals surface area (Å²) >= 11 is 0. The first kappa shape index (κ1) is 6.99. The molecule has 0 spiro atoms. The Balaban J connectivity index is 2.23. The highest BCUT2D eigenvalue weighted by Gasteiger charge is 2.14. The molecule has 3 heteroatoms. The number of likely N-dealkylation sites (tertiary alicyclic amines) is 1. The first-order chi connectivity index (χ1) is 4.33. The molecule has 1 fully saturated rings. The number of nitrogens with zero attached hydrogens (tertiary/aromatic N) is 1. The van der Waals surface area contributed by atoms with E-state index >= 15 is 0 Å². The van der Waals surface area contributed by atoms with Crippen LogP contribution in [0.5, 0.6) is 0 Å². The third kappa shape index (κ3) is 1.93. The maximum absolute atomic E-state index is 5.29. The first-order valence-electron chi connectivity index (χ1n) is 3.47. The molecular weight excluding hydrogens is 114 g/mol. The number of likely N-dealkylation sites (N-methyl/N-ethyl adjacent to an activating group) is 1. The average Bonchev–Trinajstić information content (AvgIpc) is 1.88. The van der Waals surface area contributed by atoms with Gasteiger partial charge in [-0.3, -0.25) is 11.3 Å². The second kappa shape index (κ2) is 3.15. The minimum atomic E-state index is 0.517. The van der Waals surface area contributed by atoms with Gasteiger partial charge in [-0.25, -0.2) is 0 Å². The van der Waals surface area contributed by atoms with Crippen molar-refractivity contribution in [2.75, 3.05) is 20.1 Å². The van der Waals surface area contributed by atoms with Crippen LogP contribution in [0, 0.1) is 0 Å². The summed E-state index contributed by atoms with van der Waals surface area (Å²) in [5.41, 5.74) is 2.79. The van der Waals surface area contributed by atoms with Crippen LogP contribution in [0.4, 0.5) is 0 Å². The number of nitrogens with two attached hydrogens (primary N) is 1. The summed E-state index contributed by atoms with van der Waals surface area (Å²) in [6.07, 6.45) is 2.49. The van der Waals surface area contributed by atoms with Gasteiger partial charge in [-0.2, -0.15) is 0 Å². The molecule has 54 valence electrons. The van der Waals surface area contributed by atoms with Gasteiger partial charge in [0, 0.05) is 12.6 Å². The van der Waals surface area contributed by atoms with Crippen molar-refractivity contribution < 1.29 is 0 Å². The Labute approximate surface area is 56.2 Å². The molecule has 0 saturated carbocycles. The van der Waals surface area contributed by atoms with E-state index in [0.29, 0.717) is 6.04 Å². The van der Waals surface area contributed by atoms with Crippen molar-refractivity contribution in [3.8, 4) is 0 Å². The lowest BCUT2D eigenvalue weighted by molar-refractivity contribution is 0.228. The van der Waals surface area contributed by atoms with Gasteiger partial charge in [0.25, 0.3) is 0 Å². The van der Waals surface area contributed by atoms with Crippen molar-refractivity contribution in [3.05, 3.63) is 0 Å². The van der Waals surface area contributed by atoms with Crippen LogP contribution in [-0.4, -0.2) is 31.1 Å². The molecule has 0 amide bonds. The summed E-state index contributed by atoms with van der Waals surface area (Å²) in [6.45, 7) is 2.31. The molecule has 1 heterocycles. The molecule has 0 aliphatic carbocycles. The van der Waals surface area contributed by atoms with E-state index in [-0.39, 0.29) is 0 Å². The van der Waals surface area contributed by atoms with Crippen LogP contribution in [0.1, 0.15) is 12.8 Å². The monoisotopic (exact) mass is 129 g/mol. The van der Waals surface area contributed by atoms with Crippen LogP contribution in [0.25, 0.3) is 0 Å². The Morgan fingerprint density at radius 3 is 2.89 bits per heavy atom. The summed E-state index contributed by atoms with van der Waals surface area (Å²) in [6, 6.07) is 0.517. The number of hydrogen-bond acceptors (Lipinski definition) is 3. The minimum absolute atomic E-state index is 0.517. The predicted molar refractivity (Wildman–Crippen MR) is 37.8 cm³/mol. The van der Waals surface area contributed by atoms with E-state index in [0.717, 1.165) is 6.54 Å². The summed E-state index contributed by atoms with van der Waals surface area (Å²) in [4.78, 5) is 2.30. The predicted octanol–water partition coefficient (Wildman–Crippen LogP) is -0.456. The lowest BCUT2D eigenvalue weighted by Crippen LogP contribution is -2.46. The van der Waals surface area contributed by atoms with Crippen molar-refractivity contribution in [2.24, 2.45) is 5.84 Å². The van der Waals surface area contributed by atoms with Crippen molar-refractivity contribution in [1.29, 1.82) is 0 Å². The van der Waals surface area contributed by atoms with Gasteiger partial charge in [0.1, 0.15) is 0 Å². The van der Waals surface area contributed by atoms with Gasteiger partial charge in [-0.1, -0.05) is 0 Å². The Hall–Kier alpha value is -0.120. The zero-order valence-corrected chi connectivity index (χ0v) is 5.93. The third-order valence-corrected chi connectivity index (χ3v) is 1.86. The van der Waals surface area contributed by atoms with E-state index in [1.807, 2.05) is 0 Å². The largest absolute Gasteiger partial charge is 0.305 e. The topological polar surface area (TPSA) is 41.3 Å². The maximum Gasteiger partial charge on any atom is 0.0338 e. The molecule has 9 heavy (non-hydrogen) atoms. The van der Waals surface area contributed by atoms with E-state index in [1.54, 1.807) is 0 Å². The fourth-order valence-electron chi connectivity index (χ4n) is 1.30. The van der Waals surface area contributed by atoms with E-state index in [1.165, 1.54) is 19.4 Å². The fourth-order valence-corrected chi connectivity index (χ4v) is 1.30. The van der Waals surface area contributed by atoms with Gasteiger partial charge in [-0.15, -0.1) is 0 Å². The molecule has 0 radical (unpaired) electrons. The van der Waals surface area contributed by atoms with Crippen LogP contribution in [0.3, 0.4) is 0 Å². The first-order valence-corrected chi connectivity index (χ1v) is 3.47. The highest BCUT2D eigenvalue weighted by Crippen LogP contribution is 2.05. The fraction of sp³-hybridized carbons (Fsp3) is 1.00. The van der Waals surface area contributed by atoms with Gasteiger partial charge in [0.2, 0.25) is 0 Å². The molecule has 0 bridgehead atoms. The Morgan fingerprint density at radius 1 is 1.67 bits per heavy atom. The number of piperidine rings is 1. The molecule has 1 aliphatic rings. The molecule has 0 aromatic rings. The minimum Gasteiger partial charge on any atom is -0.305 e. The van der Waals surface area contributed by atoms with Crippen molar-refractivity contribution >= 4 is 0 Å². The smallest absolute Gasteiger partial charge is 0.0338 e. The van der Waals surface area contributed by atoms with Crippen molar-refractivity contribution in [1.82, 2.24) is 10.3 Å². The molecule has 1 aliphatic heterocycles. The average molecular weight is 129 g/mol. The molecule has 0 aromatic heterocycles. The highest BCUT2D eigenvalue weighted by atomic mass is 15.3. The van der Waals surface area contributed by atoms with Gasteiger partial charge < -0.3 is 4.90 Å². The Morgan fingerprint density at radius 2 is 2.44 bits per heavy atom. The van der Waals surface area contributed by atoms with E-state index in [4.69, 9.17) is 5.84 Å². The lowest BCUT2D eigenvalue weighted by Gasteiger charge is -2.28. The van der Waals surface area contributed by atoms with Crippen LogP contribution >= 0.6 is 0 Å². The van der Waals surface area contributed by atoms with Crippen molar-refractivity contribution in [2.45, 2.75) is 18.9 Å². The molecule has 3 N–H and O–H groups in total. The Bertz CT molecular complexity index is 84.4. The SMILES string of the molecule is CN1CCC[C@@H](NN)C1. The quantitative estimate of drug-likeness (QED) is 0.372. The second-order valence-corrected chi connectivity index (χ2v) is 2.77. The standard InChI is InChI=1S/C6H15N3/c1-9-4-2-3-6(5-9)8-7/h6,8H,2-5,7H2,1H3/t6-/m1/s1. The van der Waals surface area contributed by atoms with Gasteiger partial charge in [0.15, 0.2) is 0 Å². The summed E-state index contributed by atoms with van der Waals surface area (Å²) in [5, 5.41) is 0. The second-order valence-electron chi connectivity index (χ2n) is 2.77. The summed E-state index contributed by atoms with van der Waals surface area (Å²) in [5.74, 6) is 5.29. The van der Waals surface area contributed by atoms with Gasteiger partial charge in [-0.05, 0) is 26.4 Å². The molecule has 1 saturated heterocycles. The number of hydrazine groups is 1. The summed E-state index contributed by atoms with van der Waals surface area (Å²) in [7, 11) is 2.13. The molecular formula is C6H15N3. The van der Waals surface area contributed by atoms with Gasteiger partial charge >= 0.3 is 0 Å².